The van der Waals surface area contributed by atoms with Gasteiger partial charge >= 0.3 is 5.97 Å². The number of aromatic nitrogens is 2. The van der Waals surface area contributed by atoms with Gasteiger partial charge in [0, 0.05) is 55.5 Å². The highest BCUT2D eigenvalue weighted by Crippen LogP contribution is 2.28. The molecule has 180 valence electrons. The Labute approximate surface area is 196 Å². The van der Waals surface area contributed by atoms with E-state index in [4.69, 9.17) is 4.74 Å². The van der Waals surface area contributed by atoms with Crippen molar-refractivity contribution in [3.05, 3.63) is 52.8 Å². The fraction of sp³-hybridized carbons (Fsp3) is 0.400. The normalized spacial score (nSPS) is 17.5. The summed E-state index contributed by atoms with van der Waals surface area (Å²) in [6, 6.07) is 5.69. The predicted molar refractivity (Wildman–Crippen MR) is 126 cm³/mol. The van der Waals surface area contributed by atoms with Gasteiger partial charge in [0.1, 0.15) is 11.9 Å². The van der Waals surface area contributed by atoms with Crippen LogP contribution in [0, 0.1) is 11.7 Å². The van der Waals surface area contributed by atoms with E-state index in [0.717, 1.165) is 6.41 Å². The molecular formula is C25H28FN3O5. The largest absolute Gasteiger partial charge is 0.463 e. The Hall–Kier alpha value is -3.62. The molecule has 0 radical (unpaired) electrons. The van der Waals surface area contributed by atoms with E-state index in [0.29, 0.717) is 47.4 Å². The number of carbonyl (C=O) groups excluding carboxylic acids is 3. The second kappa shape index (κ2) is 11.0. The van der Waals surface area contributed by atoms with E-state index in [1.54, 1.807) is 32.6 Å². The van der Waals surface area contributed by atoms with Crippen LogP contribution in [0.4, 0.5) is 4.39 Å². The van der Waals surface area contributed by atoms with E-state index >= 15 is 0 Å². The van der Waals surface area contributed by atoms with Crippen LogP contribution >= 0.6 is 0 Å². The van der Waals surface area contributed by atoms with Crippen LogP contribution in [0.2, 0.25) is 0 Å². The summed E-state index contributed by atoms with van der Waals surface area (Å²) in [5.74, 6) is -0.929. The quantitative estimate of drug-likeness (QED) is 0.324. The molecule has 9 heteroatoms. The van der Waals surface area contributed by atoms with Crippen molar-refractivity contribution in [1.82, 2.24) is 14.5 Å². The van der Waals surface area contributed by atoms with Crippen molar-refractivity contribution in [3.63, 3.8) is 0 Å². The smallest absolute Gasteiger partial charge is 0.302 e. The number of carbonyl (C=O) groups is 3. The SMILES string of the molecule is CC(=O)OC1CCC(C(=O)Cn2c(=O)c3ccc(F)cc3c3cnccc32)CC1.CN(C)C=O. The third-order valence-corrected chi connectivity index (χ3v) is 5.82. The highest BCUT2D eigenvalue weighted by Gasteiger charge is 2.28. The standard InChI is InChI=1S/C22H21FN2O4.C3H7NO/c1-13(26)29-16-5-2-14(3-6-16)21(27)12-25-20-8-9-24-11-19(20)18-10-15(23)4-7-17(18)22(25)28;1-4(2)3-5/h4,7-11,14,16H,2-3,5-6,12H2,1H3;3H,1-2H3. The summed E-state index contributed by atoms with van der Waals surface area (Å²) in [6.07, 6.45) is 6.30. The Bertz CT molecular complexity index is 1260. The summed E-state index contributed by atoms with van der Waals surface area (Å²) in [5.41, 5.74) is 0.241. The Balaban J connectivity index is 0.000000588. The number of fused-ring (bicyclic) bond motifs is 3. The molecule has 0 unspecified atom stereocenters. The first-order valence-electron chi connectivity index (χ1n) is 11.1. The summed E-state index contributed by atoms with van der Waals surface area (Å²) in [6.45, 7) is 1.34. The van der Waals surface area contributed by atoms with E-state index in [9.17, 15) is 23.6 Å². The average Bonchev–Trinajstić information content (AvgIpc) is 2.82. The Morgan fingerprint density at radius 2 is 1.82 bits per heavy atom. The molecule has 0 N–H and O–H groups in total. The van der Waals surface area contributed by atoms with Gasteiger partial charge in [0.25, 0.3) is 5.56 Å². The van der Waals surface area contributed by atoms with Crippen molar-refractivity contribution in [2.24, 2.45) is 5.92 Å². The van der Waals surface area contributed by atoms with Gasteiger partial charge in [0.15, 0.2) is 5.78 Å². The van der Waals surface area contributed by atoms with E-state index in [1.807, 2.05) is 0 Å². The van der Waals surface area contributed by atoms with E-state index in [-0.39, 0.29) is 35.9 Å². The van der Waals surface area contributed by atoms with E-state index < -0.39 is 5.82 Å². The summed E-state index contributed by atoms with van der Waals surface area (Å²) in [5, 5.41) is 1.48. The van der Waals surface area contributed by atoms with Crippen LogP contribution in [0.5, 0.6) is 0 Å². The van der Waals surface area contributed by atoms with Gasteiger partial charge in [0.05, 0.1) is 12.1 Å². The van der Waals surface area contributed by atoms with Crippen molar-refractivity contribution >= 4 is 39.8 Å². The minimum atomic E-state index is -0.430. The first-order valence-corrected chi connectivity index (χ1v) is 11.1. The average molecular weight is 470 g/mol. The minimum absolute atomic E-state index is 0.0204. The number of pyridine rings is 2. The second-order valence-electron chi connectivity index (χ2n) is 8.59. The first-order chi connectivity index (χ1) is 16.2. The zero-order chi connectivity index (χ0) is 24.8. The molecule has 1 amide bonds. The van der Waals surface area contributed by atoms with Crippen LogP contribution < -0.4 is 5.56 Å². The number of hydrogen-bond donors (Lipinski definition) is 0. The van der Waals surface area contributed by atoms with Crippen LogP contribution in [0.25, 0.3) is 21.7 Å². The maximum atomic E-state index is 13.7. The third-order valence-electron chi connectivity index (χ3n) is 5.82. The molecule has 0 atom stereocenters. The van der Waals surface area contributed by atoms with Gasteiger partial charge in [-0.05, 0) is 49.9 Å². The molecule has 1 aliphatic carbocycles. The molecule has 1 saturated carbocycles. The van der Waals surface area contributed by atoms with Crippen LogP contribution in [0.15, 0.2) is 41.5 Å². The van der Waals surface area contributed by atoms with E-state index in [2.05, 4.69) is 4.98 Å². The van der Waals surface area contributed by atoms with Gasteiger partial charge in [-0.15, -0.1) is 0 Å². The van der Waals surface area contributed by atoms with Gasteiger partial charge in [-0.2, -0.15) is 0 Å². The Kier molecular flexibility index (Phi) is 8.09. The van der Waals surface area contributed by atoms with Crippen LogP contribution in [-0.2, 0) is 25.7 Å². The van der Waals surface area contributed by atoms with Crippen molar-refractivity contribution in [2.45, 2.75) is 45.3 Å². The van der Waals surface area contributed by atoms with Gasteiger partial charge in [-0.25, -0.2) is 4.39 Å². The van der Waals surface area contributed by atoms with Gasteiger partial charge in [-0.1, -0.05) is 0 Å². The van der Waals surface area contributed by atoms with Crippen LogP contribution in [0.1, 0.15) is 32.6 Å². The lowest BCUT2D eigenvalue weighted by Gasteiger charge is -2.27. The Morgan fingerprint density at radius 1 is 1.15 bits per heavy atom. The number of Topliss-reactive ketones (excluding diaryl/α,β-unsaturated/α-hetero) is 1. The van der Waals surface area contributed by atoms with Gasteiger partial charge in [-0.3, -0.25) is 24.2 Å². The molecule has 34 heavy (non-hydrogen) atoms. The number of rotatable bonds is 5. The van der Waals surface area contributed by atoms with Crippen molar-refractivity contribution in [3.8, 4) is 0 Å². The fourth-order valence-electron chi connectivity index (χ4n) is 4.19. The molecule has 0 saturated heterocycles. The number of esters is 1. The molecule has 1 aromatic carbocycles. The summed E-state index contributed by atoms with van der Waals surface area (Å²) >= 11 is 0. The van der Waals surface area contributed by atoms with Crippen molar-refractivity contribution in [1.29, 1.82) is 0 Å². The monoisotopic (exact) mass is 469 g/mol. The molecule has 1 aliphatic rings. The first kappa shape index (κ1) is 25.0. The summed E-state index contributed by atoms with van der Waals surface area (Å²) < 4.78 is 20.4. The van der Waals surface area contributed by atoms with E-state index in [1.165, 1.54) is 34.6 Å². The lowest BCUT2D eigenvalue weighted by atomic mass is 9.84. The van der Waals surface area contributed by atoms with Gasteiger partial charge in [0.2, 0.25) is 6.41 Å². The zero-order valence-electron chi connectivity index (χ0n) is 19.5. The molecule has 0 aliphatic heterocycles. The lowest BCUT2D eigenvalue weighted by Crippen LogP contribution is -2.32. The molecule has 0 spiro atoms. The molecule has 0 bridgehead atoms. The number of ether oxygens (including phenoxy) is 1. The fourth-order valence-corrected chi connectivity index (χ4v) is 4.19. The third kappa shape index (κ3) is 5.84. The molecule has 1 fully saturated rings. The van der Waals surface area contributed by atoms with Crippen molar-refractivity contribution in [2.75, 3.05) is 14.1 Å². The zero-order valence-corrected chi connectivity index (χ0v) is 19.5. The van der Waals surface area contributed by atoms with Crippen LogP contribution in [0.3, 0.4) is 0 Å². The molecule has 2 aromatic heterocycles. The maximum Gasteiger partial charge on any atom is 0.302 e. The lowest BCUT2D eigenvalue weighted by molar-refractivity contribution is -0.148. The highest BCUT2D eigenvalue weighted by atomic mass is 19.1. The predicted octanol–water partition coefficient (Wildman–Crippen LogP) is 3.08. The number of hydrogen-bond acceptors (Lipinski definition) is 6. The Morgan fingerprint density at radius 3 is 2.44 bits per heavy atom. The summed E-state index contributed by atoms with van der Waals surface area (Å²) in [4.78, 5) is 52.1. The summed E-state index contributed by atoms with van der Waals surface area (Å²) in [7, 11) is 3.38. The molecule has 2 heterocycles. The number of ketones is 1. The second-order valence-corrected chi connectivity index (χ2v) is 8.59. The number of amides is 1. The number of halogens is 1. The maximum absolute atomic E-state index is 13.7. The highest BCUT2D eigenvalue weighted by molar-refractivity contribution is 6.05. The molecule has 8 nitrogen and oxygen atoms in total. The van der Waals surface area contributed by atoms with Crippen LogP contribution in [-0.4, -0.2) is 52.8 Å². The number of nitrogens with zero attached hydrogens (tertiary/aromatic N) is 3. The van der Waals surface area contributed by atoms with Crippen molar-refractivity contribution < 1.29 is 23.5 Å². The molecule has 3 aromatic rings. The molecular weight excluding hydrogens is 441 g/mol. The topological polar surface area (TPSA) is 98.6 Å². The minimum Gasteiger partial charge on any atom is -0.463 e. The van der Waals surface area contributed by atoms with Gasteiger partial charge < -0.3 is 14.2 Å². The molecule has 4 rings (SSSR count). The number of benzene rings is 1.